The van der Waals surface area contributed by atoms with Crippen molar-refractivity contribution in [3.8, 4) is 17.2 Å². The van der Waals surface area contributed by atoms with Gasteiger partial charge >= 0.3 is 5.97 Å². The summed E-state index contributed by atoms with van der Waals surface area (Å²) in [5, 5.41) is 12.2. The smallest absolute Gasteiger partial charge is 0.344 e. The second-order valence-electron chi connectivity index (χ2n) is 6.19. The first-order valence-electron chi connectivity index (χ1n) is 8.90. The molecule has 2 N–H and O–H groups in total. The lowest BCUT2D eigenvalue weighted by Gasteiger charge is -2.14. The van der Waals surface area contributed by atoms with E-state index in [0.717, 1.165) is 0 Å². The molecule has 0 aromatic heterocycles. The lowest BCUT2D eigenvalue weighted by molar-refractivity contribution is -0.144. The Hall–Kier alpha value is -3.46. The maximum Gasteiger partial charge on any atom is 0.344 e. The molecule has 1 heterocycles. The van der Waals surface area contributed by atoms with Crippen molar-refractivity contribution in [1.82, 2.24) is 5.32 Å². The maximum absolute atomic E-state index is 12.3. The number of aliphatic carboxylic acids is 1. The van der Waals surface area contributed by atoms with Crippen LogP contribution in [0.5, 0.6) is 17.2 Å². The number of rotatable bonds is 7. The molecule has 1 saturated heterocycles. The van der Waals surface area contributed by atoms with Crippen molar-refractivity contribution in [2.75, 3.05) is 14.2 Å². The Bertz CT molecular complexity index is 1030. The van der Waals surface area contributed by atoms with E-state index in [1.807, 2.05) is 18.2 Å². The van der Waals surface area contributed by atoms with Gasteiger partial charge in [0.2, 0.25) is 0 Å². The SMILES string of the molecule is COc1cccc(N=C2NC(=O)/C(=C\c3ccc(OC(C)C(=O)O)c(OC)c3)S2)c1. The van der Waals surface area contributed by atoms with Crippen LogP contribution in [0.4, 0.5) is 5.69 Å². The molecule has 2 aromatic carbocycles. The van der Waals surface area contributed by atoms with Gasteiger partial charge in [0.15, 0.2) is 22.8 Å². The van der Waals surface area contributed by atoms with E-state index >= 15 is 0 Å². The molecule has 3 rings (SSSR count). The number of nitrogens with one attached hydrogen (secondary N) is 1. The van der Waals surface area contributed by atoms with Gasteiger partial charge in [0, 0.05) is 6.07 Å². The van der Waals surface area contributed by atoms with E-state index in [-0.39, 0.29) is 5.91 Å². The van der Waals surface area contributed by atoms with Gasteiger partial charge in [0.05, 0.1) is 24.8 Å². The highest BCUT2D eigenvalue weighted by Gasteiger charge is 2.24. The number of hydrogen-bond donors (Lipinski definition) is 2. The van der Waals surface area contributed by atoms with Crippen LogP contribution in [0.15, 0.2) is 52.4 Å². The summed E-state index contributed by atoms with van der Waals surface area (Å²) in [4.78, 5) is 28.2. The highest BCUT2D eigenvalue weighted by molar-refractivity contribution is 8.18. The number of nitrogens with zero attached hydrogens (tertiary/aromatic N) is 1. The van der Waals surface area contributed by atoms with E-state index in [9.17, 15) is 9.59 Å². The summed E-state index contributed by atoms with van der Waals surface area (Å²) < 4.78 is 15.9. The predicted octanol–water partition coefficient (Wildman–Crippen LogP) is 3.45. The van der Waals surface area contributed by atoms with Gasteiger partial charge in [-0.3, -0.25) is 4.79 Å². The number of amides is 1. The molecule has 1 aliphatic heterocycles. The number of ether oxygens (including phenoxy) is 3. The molecule has 0 aliphatic carbocycles. The van der Waals surface area contributed by atoms with E-state index in [2.05, 4.69) is 10.3 Å². The molecule has 0 bridgehead atoms. The van der Waals surface area contributed by atoms with Crippen LogP contribution in [0.2, 0.25) is 0 Å². The summed E-state index contributed by atoms with van der Waals surface area (Å²) in [5.74, 6) is 0.00334. The van der Waals surface area contributed by atoms with Crippen molar-refractivity contribution >= 4 is 40.6 Å². The molecule has 1 aliphatic rings. The average molecular weight is 428 g/mol. The minimum absolute atomic E-state index is 0.263. The Labute approximate surface area is 177 Å². The fraction of sp³-hybridized carbons (Fsp3) is 0.190. The summed E-state index contributed by atoms with van der Waals surface area (Å²) in [6.45, 7) is 1.43. The van der Waals surface area contributed by atoms with Crippen molar-refractivity contribution in [3.63, 3.8) is 0 Å². The minimum atomic E-state index is -1.08. The van der Waals surface area contributed by atoms with Gasteiger partial charge in [-0.05, 0) is 54.6 Å². The molecule has 156 valence electrons. The Balaban J connectivity index is 1.80. The van der Waals surface area contributed by atoms with E-state index in [0.29, 0.717) is 38.6 Å². The fourth-order valence-corrected chi connectivity index (χ4v) is 3.38. The Kier molecular flexibility index (Phi) is 6.63. The Morgan fingerprint density at radius 1 is 1.17 bits per heavy atom. The van der Waals surface area contributed by atoms with Gasteiger partial charge in [-0.25, -0.2) is 9.79 Å². The molecule has 8 nitrogen and oxygen atoms in total. The van der Waals surface area contributed by atoms with Gasteiger partial charge in [-0.2, -0.15) is 0 Å². The molecule has 0 spiro atoms. The number of carboxylic acid groups (broad SMARTS) is 1. The van der Waals surface area contributed by atoms with Crippen LogP contribution in [0.25, 0.3) is 6.08 Å². The third-order valence-electron chi connectivity index (χ3n) is 4.07. The zero-order valence-electron chi connectivity index (χ0n) is 16.5. The number of benzene rings is 2. The summed E-state index contributed by atoms with van der Waals surface area (Å²) >= 11 is 1.21. The van der Waals surface area contributed by atoms with Crippen LogP contribution >= 0.6 is 11.8 Å². The number of aliphatic imine (C=N–C) groups is 1. The van der Waals surface area contributed by atoms with Gasteiger partial charge in [-0.1, -0.05) is 12.1 Å². The fourth-order valence-electron chi connectivity index (χ4n) is 2.54. The molecule has 1 fully saturated rings. The molecule has 1 atom stereocenters. The number of hydrogen-bond acceptors (Lipinski definition) is 7. The first-order valence-corrected chi connectivity index (χ1v) is 9.72. The van der Waals surface area contributed by atoms with Crippen molar-refractivity contribution in [2.45, 2.75) is 13.0 Å². The number of amidine groups is 1. The highest BCUT2D eigenvalue weighted by Crippen LogP contribution is 2.33. The molecule has 1 amide bonds. The van der Waals surface area contributed by atoms with Crippen LogP contribution < -0.4 is 19.5 Å². The number of methoxy groups -OCH3 is 2. The number of carbonyl (C=O) groups is 2. The van der Waals surface area contributed by atoms with Crippen LogP contribution in [-0.4, -0.2) is 42.5 Å². The average Bonchev–Trinajstić information content (AvgIpc) is 3.07. The summed E-state index contributed by atoms with van der Waals surface area (Å²) in [6, 6.07) is 12.2. The monoisotopic (exact) mass is 428 g/mol. The number of carbonyl (C=O) groups excluding carboxylic acids is 1. The van der Waals surface area contributed by atoms with Crippen LogP contribution in [0, 0.1) is 0 Å². The minimum Gasteiger partial charge on any atom is -0.497 e. The van der Waals surface area contributed by atoms with Gasteiger partial charge in [0.25, 0.3) is 5.91 Å². The van der Waals surface area contributed by atoms with Crippen molar-refractivity contribution in [2.24, 2.45) is 4.99 Å². The zero-order chi connectivity index (χ0) is 21.7. The topological polar surface area (TPSA) is 106 Å². The van der Waals surface area contributed by atoms with Crippen LogP contribution in [-0.2, 0) is 9.59 Å². The second kappa shape index (κ2) is 9.36. The second-order valence-corrected chi connectivity index (χ2v) is 7.22. The van der Waals surface area contributed by atoms with Gasteiger partial charge in [0.1, 0.15) is 5.75 Å². The van der Waals surface area contributed by atoms with E-state index in [1.54, 1.807) is 37.5 Å². The maximum atomic E-state index is 12.3. The molecule has 30 heavy (non-hydrogen) atoms. The predicted molar refractivity (Wildman–Crippen MR) is 115 cm³/mol. The molecule has 1 unspecified atom stereocenters. The summed E-state index contributed by atoms with van der Waals surface area (Å²) in [7, 11) is 3.03. The summed E-state index contributed by atoms with van der Waals surface area (Å²) in [6.07, 6.45) is 0.677. The molecule has 9 heteroatoms. The van der Waals surface area contributed by atoms with Crippen molar-refractivity contribution in [3.05, 3.63) is 52.9 Å². The molecule has 2 aromatic rings. The van der Waals surface area contributed by atoms with Crippen LogP contribution in [0.1, 0.15) is 12.5 Å². The zero-order valence-corrected chi connectivity index (χ0v) is 17.4. The lowest BCUT2D eigenvalue weighted by Crippen LogP contribution is -2.23. The number of thioether (sulfide) groups is 1. The molecule has 0 saturated carbocycles. The Morgan fingerprint density at radius 3 is 2.67 bits per heavy atom. The first-order chi connectivity index (χ1) is 14.4. The molecular weight excluding hydrogens is 408 g/mol. The molecule has 0 radical (unpaired) electrons. The largest absolute Gasteiger partial charge is 0.497 e. The third kappa shape index (κ3) is 5.12. The third-order valence-corrected chi connectivity index (χ3v) is 4.98. The quantitative estimate of drug-likeness (QED) is 0.651. The van der Waals surface area contributed by atoms with E-state index < -0.39 is 12.1 Å². The normalized spacial score (nSPS) is 17.0. The number of carboxylic acids is 1. The van der Waals surface area contributed by atoms with Gasteiger partial charge < -0.3 is 24.6 Å². The first kappa shape index (κ1) is 21.3. The summed E-state index contributed by atoms with van der Waals surface area (Å²) in [5.41, 5.74) is 1.36. The highest BCUT2D eigenvalue weighted by atomic mass is 32.2. The van der Waals surface area contributed by atoms with Crippen molar-refractivity contribution < 1.29 is 28.9 Å². The van der Waals surface area contributed by atoms with Crippen LogP contribution in [0.3, 0.4) is 0 Å². The Morgan fingerprint density at radius 2 is 1.97 bits per heavy atom. The van der Waals surface area contributed by atoms with E-state index in [4.69, 9.17) is 19.3 Å². The standard InChI is InChI=1S/C21H20N2O6S/c1-12(20(25)26)29-16-8-7-13(9-17(16)28-3)10-18-19(24)23-21(30-18)22-14-5-4-6-15(11-14)27-2/h4-12H,1-3H3,(H,25,26)(H,22,23,24)/b18-10+. The van der Waals surface area contributed by atoms with Gasteiger partial charge in [-0.15, -0.1) is 0 Å². The molecular formula is C21H20N2O6S. The van der Waals surface area contributed by atoms with E-state index in [1.165, 1.54) is 25.8 Å². The van der Waals surface area contributed by atoms with Crippen molar-refractivity contribution in [1.29, 1.82) is 0 Å². The lowest BCUT2D eigenvalue weighted by atomic mass is 10.2.